The fraction of sp³-hybridized carbons (Fsp3) is 0.444. The van der Waals surface area contributed by atoms with Gasteiger partial charge >= 0.3 is 0 Å². The molecule has 6 heteroatoms. The van der Waals surface area contributed by atoms with Crippen LogP contribution in [0.25, 0.3) is 0 Å². The monoisotopic (exact) mass is 245 g/mol. The molecule has 0 amide bonds. The highest BCUT2D eigenvalue weighted by Crippen LogP contribution is 2.23. The maximum atomic E-state index is 11.2. The minimum atomic E-state index is -0.442. The molecule has 0 radical (unpaired) electrons. The van der Waals surface area contributed by atoms with Crippen LogP contribution >= 0.6 is 24.2 Å². The van der Waals surface area contributed by atoms with Gasteiger partial charge in [0.1, 0.15) is 22.4 Å². The minimum Gasteiger partial charge on any atom is -0.367 e. The third-order valence-corrected chi connectivity index (χ3v) is 2.11. The van der Waals surface area contributed by atoms with Gasteiger partial charge in [-0.1, -0.05) is 11.6 Å². The van der Waals surface area contributed by atoms with Gasteiger partial charge in [-0.25, -0.2) is 9.97 Å². The molecule has 1 N–H and O–H groups in total. The van der Waals surface area contributed by atoms with Crippen molar-refractivity contribution in [3.05, 3.63) is 16.5 Å². The molecule has 0 aromatic carbocycles. The number of rotatable bonds is 3. The van der Waals surface area contributed by atoms with Crippen LogP contribution in [0.3, 0.4) is 0 Å². The van der Waals surface area contributed by atoms with Gasteiger partial charge in [-0.05, 0) is 20.8 Å². The van der Waals surface area contributed by atoms with E-state index in [2.05, 4.69) is 27.9 Å². The molecule has 0 fully saturated rings. The number of nitrogens with zero attached hydrogens (tertiary/aromatic N) is 2. The smallest absolute Gasteiger partial charge is 0.223 e. The summed E-state index contributed by atoms with van der Waals surface area (Å²) in [6.45, 7) is 5.60. The van der Waals surface area contributed by atoms with Crippen LogP contribution in [0.2, 0.25) is 5.15 Å². The number of carbonyl (C=O) groups is 1. The lowest BCUT2D eigenvalue weighted by atomic mass is 10.3. The van der Waals surface area contributed by atoms with E-state index >= 15 is 0 Å². The highest BCUT2D eigenvalue weighted by molar-refractivity contribution is 7.97. The zero-order chi connectivity index (χ0) is 11.6. The van der Waals surface area contributed by atoms with Crippen LogP contribution in [0.1, 0.15) is 30.0 Å². The number of anilines is 1. The van der Waals surface area contributed by atoms with Crippen molar-refractivity contribution in [3.63, 3.8) is 0 Å². The van der Waals surface area contributed by atoms with E-state index in [-0.39, 0.29) is 16.8 Å². The molecule has 0 aliphatic rings. The average Bonchev–Trinajstić information content (AvgIpc) is 1.99. The Balaban J connectivity index is 3.27. The number of aryl methyl sites for hydroxylation is 1. The predicted molar refractivity (Wildman–Crippen MR) is 63.9 cm³/mol. The number of halogens is 1. The first-order valence-electron chi connectivity index (χ1n) is 4.45. The van der Waals surface area contributed by atoms with Crippen LogP contribution < -0.4 is 5.32 Å². The Morgan fingerprint density at radius 3 is 2.53 bits per heavy atom. The number of hydrogen-bond donors (Lipinski definition) is 2. The fourth-order valence-corrected chi connectivity index (χ4v) is 1.68. The third kappa shape index (κ3) is 3.07. The van der Waals surface area contributed by atoms with Gasteiger partial charge in [0.05, 0.1) is 0 Å². The van der Waals surface area contributed by atoms with Gasteiger partial charge in [-0.2, -0.15) is 0 Å². The topological polar surface area (TPSA) is 54.9 Å². The molecule has 0 unspecified atom stereocenters. The second-order valence-electron chi connectivity index (χ2n) is 3.39. The predicted octanol–water partition coefficient (Wildman–Crippen LogP) is 2.33. The molecule has 0 aliphatic heterocycles. The van der Waals surface area contributed by atoms with E-state index in [9.17, 15) is 4.79 Å². The summed E-state index contributed by atoms with van der Waals surface area (Å²) in [7, 11) is 0. The standard InChI is InChI=1S/C9H12ClN3OS/c1-4(2)11-8-6(9(14)15)7(10)12-5(3)13-8/h4H,1-3H3,(H,14,15)(H,11,12,13). The van der Waals surface area contributed by atoms with Crippen molar-refractivity contribution in [3.8, 4) is 0 Å². The van der Waals surface area contributed by atoms with Gasteiger partial charge < -0.3 is 5.32 Å². The highest BCUT2D eigenvalue weighted by atomic mass is 35.5. The first-order chi connectivity index (χ1) is 6.91. The van der Waals surface area contributed by atoms with Crippen LogP contribution in [0.4, 0.5) is 5.82 Å². The van der Waals surface area contributed by atoms with Gasteiger partial charge in [0, 0.05) is 6.04 Å². The maximum Gasteiger partial charge on any atom is 0.223 e. The van der Waals surface area contributed by atoms with Crippen molar-refractivity contribution in [2.75, 3.05) is 5.32 Å². The molecule has 0 aliphatic carbocycles. The molecule has 1 aromatic heterocycles. The number of nitrogens with one attached hydrogen (secondary N) is 1. The lowest BCUT2D eigenvalue weighted by Gasteiger charge is -2.13. The zero-order valence-electron chi connectivity index (χ0n) is 8.71. The van der Waals surface area contributed by atoms with Crippen molar-refractivity contribution in [2.24, 2.45) is 0 Å². The first kappa shape index (κ1) is 12.3. The van der Waals surface area contributed by atoms with E-state index in [1.807, 2.05) is 13.8 Å². The van der Waals surface area contributed by atoms with Gasteiger partial charge in [0.15, 0.2) is 0 Å². The van der Waals surface area contributed by atoms with Crippen LogP contribution in [-0.2, 0) is 0 Å². The summed E-state index contributed by atoms with van der Waals surface area (Å²) in [5, 5.41) is 2.72. The molecule has 15 heavy (non-hydrogen) atoms. The SMILES string of the molecule is Cc1nc(Cl)c(C(=O)S)c(NC(C)C)n1. The Morgan fingerprint density at radius 2 is 2.07 bits per heavy atom. The first-order valence-corrected chi connectivity index (χ1v) is 5.28. The Hall–Kier alpha value is -0.810. The zero-order valence-corrected chi connectivity index (χ0v) is 10.4. The van der Waals surface area contributed by atoms with E-state index in [0.717, 1.165) is 0 Å². The molecule has 4 nitrogen and oxygen atoms in total. The molecule has 1 aromatic rings. The molecule has 1 heterocycles. The molecular weight excluding hydrogens is 234 g/mol. The highest BCUT2D eigenvalue weighted by Gasteiger charge is 2.16. The van der Waals surface area contributed by atoms with Gasteiger partial charge in [-0.3, -0.25) is 4.79 Å². The minimum absolute atomic E-state index is 0.130. The van der Waals surface area contributed by atoms with Crippen molar-refractivity contribution in [1.82, 2.24) is 9.97 Å². The van der Waals surface area contributed by atoms with Gasteiger partial charge in [0.25, 0.3) is 0 Å². The quantitative estimate of drug-likeness (QED) is 0.634. The van der Waals surface area contributed by atoms with Gasteiger partial charge in [-0.15, -0.1) is 12.6 Å². The lowest BCUT2D eigenvalue weighted by Crippen LogP contribution is -2.15. The number of carbonyl (C=O) groups excluding carboxylic acids is 1. The number of hydrogen-bond acceptors (Lipinski definition) is 4. The Kier molecular flexibility index (Phi) is 3.93. The number of aromatic nitrogens is 2. The van der Waals surface area contributed by atoms with E-state index in [1.54, 1.807) is 6.92 Å². The van der Waals surface area contributed by atoms with Crippen LogP contribution in [0.15, 0.2) is 0 Å². The Labute approximate surface area is 98.9 Å². The van der Waals surface area contributed by atoms with Gasteiger partial charge in [0.2, 0.25) is 5.12 Å². The Bertz CT molecular complexity index is 395. The molecular formula is C9H12ClN3OS. The van der Waals surface area contributed by atoms with Crippen LogP contribution in [-0.4, -0.2) is 21.1 Å². The third-order valence-electron chi connectivity index (χ3n) is 1.62. The lowest BCUT2D eigenvalue weighted by molar-refractivity contribution is 0.109. The second-order valence-corrected chi connectivity index (χ2v) is 4.15. The van der Waals surface area contributed by atoms with Crippen molar-refractivity contribution in [2.45, 2.75) is 26.8 Å². The summed E-state index contributed by atoms with van der Waals surface area (Å²) in [6.07, 6.45) is 0. The molecule has 0 saturated heterocycles. The molecule has 1 rings (SSSR count). The van der Waals surface area contributed by atoms with Crippen molar-refractivity contribution >= 4 is 35.2 Å². The maximum absolute atomic E-state index is 11.2. The van der Waals surface area contributed by atoms with E-state index in [1.165, 1.54) is 0 Å². The summed E-state index contributed by atoms with van der Waals surface area (Å²) >= 11 is 9.59. The Morgan fingerprint density at radius 1 is 1.47 bits per heavy atom. The number of thiol groups is 1. The summed E-state index contributed by atoms with van der Waals surface area (Å²) in [5.74, 6) is 0.948. The normalized spacial score (nSPS) is 10.5. The molecule has 0 bridgehead atoms. The fourth-order valence-electron chi connectivity index (χ4n) is 1.11. The van der Waals surface area contributed by atoms with E-state index in [0.29, 0.717) is 11.6 Å². The van der Waals surface area contributed by atoms with Crippen molar-refractivity contribution < 1.29 is 4.79 Å². The van der Waals surface area contributed by atoms with Crippen LogP contribution in [0.5, 0.6) is 0 Å². The van der Waals surface area contributed by atoms with Crippen molar-refractivity contribution in [1.29, 1.82) is 0 Å². The molecule has 0 spiro atoms. The largest absolute Gasteiger partial charge is 0.367 e. The summed E-state index contributed by atoms with van der Waals surface area (Å²) in [6, 6.07) is 0.154. The van der Waals surface area contributed by atoms with E-state index in [4.69, 9.17) is 11.6 Å². The summed E-state index contributed by atoms with van der Waals surface area (Å²) in [5.41, 5.74) is 0.222. The summed E-state index contributed by atoms with van der Waals surface area (Å²) < 4.78 is 0. The molecule has 0 saturated carbocycles. The van der Waals surface area contributed by atoms with Crippen LogP contribution in [0, 0.1) is 6.92 Å². The van der Waals surface area contributed by atoms with E-state index < -0.39 is 5.12 Å². The second kappa shape index (κ2) is 4.81. The average molecular weight is 246 g/mol. The molecule has 0 atom stereocenters. The molecule has 82 valence electrons. The summed E-state index contributed by atoms with van der Waals surface area (Å²) in [4.78, 5) is 19.3.